The molecule has 1 fully saturated rings. The van der Waals surface area contributed by atoms with Crippen LogP contribution in [0.25, 0.3) is 11.2 Å². The van der Waals surface area contributed by atoms with Crippen molar-refractivity contribution in [2.24, 2.45) is 0 Å². The van der Waals surface area contributed by atoms with Crippen LogP contribution in [0.5, 0.6) is 0 Å². The summed E-state index contributed by atoms with van der Waals surface area (Å²) in [4.78, 5) is 17.5. The van der Waals surface area contributed by atoms with E-state index in [1.165, 1.54) is 0 Å². The van der Waals surface area contributed by atoms with Crippen molar-refractivity contribution in [1.82, 2.24) is 24.5 Å². The van der Waals surface area contributed by atoms with Gasteiger partial charge >= 0.3 is 0 Å². The molecule has 0 spiro atoms. The summed E-state index contributed by atoms with van der Waals surface area (Å²) in [7, 11) is 0. The number of ether oxygens (including phenoxy) is 1. The summed E-state index contributed by atoms with van der Waals surface area (Å²) in [6.45, 7) is 2.24. The quantitative estimate of drug-likeness (QED) is 0.777. The predicted molar refractivity (Wildman–Crippen MR) is 85.9 cm³/mol. The van der Waals surface area contributed by atoms with Crippen molar-refractivity contribution in [3.05, 3.63) is 42.7 Å². The lowest BCUT2D eigenvalue weighted by Crippen LogP contribution is -2.14. The predicted octanol–water partition coefficient (Wildman–Crippen LogP) is 2.01. The standard InChI is InChI=1S/C16H18N6O/c1-2-6-17-12(4-1)8-18-15-14-16(20-10-19-15)22(11-21-14)9-13-5-3-7-23-13/h1-2,4,6,10-11,13H,3,5,7-9H2,(H,18,19,20). The number of rotatable bonds is 5. The first-order valence-corrected chi connectivity index (χ1v) is 7.81. The van der Waals surface area contributed by atoms with E-state index >= 15 is 0 Å². The van der Waals surface area contributed by atoms with Crippen LogP contribution in [0.3, 0.4) is 0 Å². The van der Waals surface area contributed by atoms with Crippen LogP contribution in [0.1, 0.15) is 18.5 Å². The van der Waals surface area contributed by atoms with Crippen LogP contribution in [0.15, 0.2) is 37.1 Å². The number of pyridine rings is 1. The van der Waals surface area contributed by atoms with Crippen LogP contribution in [0, 0.1) is 0 Å². The first-order chi connectivity index (χ1) is 11.4. The lowest BCUT2D eigenvalue weighted by molar-refractivity contribution is 0.0978. The van der Waals surface area contributed by atoms with Gasteiger partial charge in [-0.15, -0.1) is 0 Å². The van der Waals surface area contributed by atoms with Gasteiger partial charge in [-0.1, -0.05) is 6.07 Å². The average molecular weight is 310 g/mol. The fraction of sp³-hybridized carbons (Fsp3) is 0.375. The van der Waals surface area contributed by atoms with E-state index in [0.29, 0.717) is 6.54 Å². The van der Waals surface area contributed by atoms with Gasteiger partial charge in [0.05, 0.1) is 31.2 Å². The Hall–Kier alpha value is -2.54. The summed E-state index contributed by atoms with van der Waals surface area (Å²) >= 11 is 0. The molecule has 0 aliphatic carbocycles. The normalized spacial score (nSPS) is 17.7. The Morgan fingerprint density at radius 1 is 1.22 bits per heavy atom. The van der Waals surface area contributed by atoms with Crippen LogP contribution >= 0.6 is 0 Å². The molecule has 7 heteroatoms. The minimum absolute atomic E-state index is 0.257. The highest BCUT2D eigenvalue weighted by molar-refractivity contribution is 5.82. The van der Waals surface area contributed by atoms with E-state index in [9.17, 15) is 0 Å². The molecule has 4 heterocycles. The third-order valence-electron chi connectivity index (χ3n) is 3.99. The summed E-state index contributed by atoms with van der Waals surface area (Å²) in [5, 5.41) is 3.29. The molecule has 4 rings (SSSR count). The molecular weight excluding hydrogens is 292 g/mol. The molecule has 23 heavy (non-hydrogen) atoms. The molecular formula is C16H18N6O. The molecule has 0 amide bonds. The Balaban J connectivity index is 1.54. The van der Waals surface area contributed by atoms with E-state index in [4.69, 9.17) is 4.74 Å². The van der Waals surface area contributed by atoms with Gasteiger partial charge in [0.1, 0.15) is 11.8 Å². The van der Waals surface area contributed by atoms with Gasteiger partial charge < -0.3 is 14.6 Å². The minimum atomic E-state index is 0.257. The third kappa shape index (κ3) is 3.00. The molecule has 0 radical (unpaired) electrons. The Labute approximate surface area is 133 Å². The van der Waals surface area contributed by atoms with Gasteiger partial charge in [0.25, 0.3) is 0 Å². The van der Waals surface area contributed by atoms with Gasteiger partial charge in [-0.25, -0.2) is 15.0 Å². The molecule has 3 aromatic heterocycles. The van der Waals surface area contributed by atoms with Crippen LogP contribution in [0.4, 0.5) is 5.82 Å². The van der Waals surface area contributed by atoms with Gasteiger partial charge in [0, 0.05) is 12.8 Å². The molecule has 1 saturated heterocycles. The molecule has 1 aliphatic heterocycles. The Kier molecular flexibility index (Phi) is 3.85. The van der Waals surface area contributed by atoms with E-state index in [1.54, 1.807) is 12.5 Å². The summed E-state index contributed by atoms with van der Waals surface area (Å²) in [6, 6.07) is 5.84. The first-order valence-electron chi connectivity index (χ1n) is 7.81. The summed E-state index contributed by atoms with van der Waals surface area (Å²) in [5.74, 6) is 0.728. The number of fused-ring (bicyclic) bond motifs is 1. The topological polar surface area (TPSA) is 77.8 Å². The van der Waals surface area contributed by atoms with Crippen molar-refractivity contribution >= 4 is 17.0 Å². The monoisotopic (exact) mass is 310 g/mol. The summed E-state index contributed by atoms with van der Waals surface area (Å²) in [6.07, 6.45) is 7.64. The van der Waals surface area contributed by atoms with Crippen molar-refractivity contribution in [1.29, 1.82) is 0 Å². The largest absolute Gasteiger partial charge is 0.376 e. The van der Waals surface area contributed by atoms with Gasteiger partial charge in [0.2, 0.25) is 0 Å². The smallest absolute Gasteiger partial charge is 0.165 e. The average Bonchev–Trinajstić information content (AvgIpc) is 3.25. The first kappa shape index (κ1) is 14.1. The third-order valence-corrected chi connectivity index (χ3v) is 3.99. The van der Waals surface area contributed by atoms with Crippen molar-refractivity contribution in [3.63, 3.8) is 0 Å². The van der Waals surface area contributed by atoms with Gasteiger partial charge in [-0.2, -0.15) is 0 Å². The van der Waals surface area contributed by atoms with Crippen LogP contribution in [-0.4, -0.2) is 37.2 Å². The second kappa shape index (κ2) is 6.29. The van der Waals surface area contributed by atoms with Gasteiger partial charge in [-0.3, -0.25) is 4.98 Å². The van der Waals surface area contributed by atoms with E-state index < -0.39 is 0 Å². The highest BCUT2D eigenvalue weighted by Gasteiger charge is 2.18. The van der Waals surface area contributed by atoms with Crippen molar-refractivity contribution < 1.29 is 4.74 Å². The van der Waals surface area contributed by atoms with E-state index in [1.807, 2.05) is 29.1 Å². The SMILES string of the molecule is c1ccc(CNc2ncnc3c2ncn3CC2CCCO2)nc1. The van der Waals surface area contributed by atoms with E-state index in [-0.39, 0.29) is 6.10 Å². The lowest BCUT2D eigenvalue weighted by atomic mass is 10.2. The highest BCUT2D eigenvalue weighted by Crippen LogP contribution is 2.20. The molecule has 118 valence electrons. The Morgan fingerprint density at radius 3 is 3.04 bits per heavy atom. The maximum absolute atomic E-state index is 5.69. The number of imidazole rings is 1. The van der Waals surface area contributed by atoms with Crippen molar-refractivity contribution in [2.75, 3.05) is 11.9 Å². The minimum Gasteiger partial charge on any atom is -0.376 e. The molecule has 0 aromatic carbocycles. The lowest BCUT2D eigenvalue weighted by Gasteiger charge is -2.10. The Bertz CT molecular complexity index is 782. The number of hydrogen-bond acceptors (Lipinski definition) is 6. The van der Waals surface area contributed by atoms with Gasteiger partial charge in [0.15, 0.2) is 11.5 Å². The number of nitrogens with one attached hydrogen (secondary N) is 1. The zero-order valence-corrected chi connectivity index (χ0v) is 12.7. The summed E-state index contributed by atoms with van der Waals surface area (Å²) < 4.78 is 7.74. The van der Waals surface area contributed by atoms with E-state index in [2.05, 4.69) is 25.3 Å². The maximum atomic E-state index is 5.69. The number of anilines is 1. The van der Waals surface area contributed by atoms with Crippen LogP contribution < -0.4 is 5.32 Å². The highest BCUT2D eigenvalue weighted by atomic mass is 16.5. The van der Waals surface area contributed by atoms with Crippen LogP contribution in [-0.2, 0) is 17.8 Å². The van der Waals surface area contributed by atoms with Crippen molar-refractivity contribution in [3.8, 4) is 0 Å². The fourth-order valence-corrected chi connectivity index (χ4v) is 2.83. The van der Waals surface area contributed by atoms with E-state index in [0.717, 1.165) is 48.7 Å². The molecule has 0 bridgehead atoms. The second-order valence-electron chi connectivity index (χ2n) is 5.60. The number of hydrogen-bond donors (Lipinski definition) is 1. The zero-order valence-electron chi connectivity index (χ0n) is 12.7. The fourth-order valence-electron chi connectivity index (χ4n) is 2.83. The van der Waals surface area contributed by atoms with Crippen LogP contribution in [0.2, 0.25) is 0 Å². The second-order valence-corrected chi connectivity index (χ2v) is 5.60. The molecule has 0 saturated carbocycles. The molecule has 1 aliphatic rings. The molecule has 7 nitrogen and oxygen atoms in total. The zero-order chi connectivity index (χ0) is 15.5. The Morgan fingerprint density at radius 2 is 2.22 bits per heavy atom. The van der Waals surface area contributed by atoms with Crippen molar-refractivity contribution in [2.45, 2.75) is 32.0 Å². The molecule has 3 aromatic rings. The molecule has 1 N–H and O–H groups in total. The molecule has 1 atom stereocenters. The summed E-state index contributed by atoms with van der Waals surface area (Å²) in [5.41, 5.74) is 2.57. The van der Waals surface area contributed by atoms with Gasteiger partial charge in [-0.05, 0) is 25.0 Å². The molecule has 1 unspecified atom stereocenters. The number of aromatic nitrogens is 5. The number of nitrogens with zero attached hydrogens (tertiary/aromatic N) is 5. The maximum Gasteiger partial charge on any atom is 0.165 e.